The fourth-order valence-electron chi connectivity index (χ4n) is 3.65. The van der Waals surface area contributed by atoms with E-state index >= 15 is 0 Å². The maximum Gasteiger partial charge on any atom is 0.306 e. The van der Waals surface area contributed by atoms with Gasteiger partial charge in [0.2, 0.25) is 6.10 Å². The Balaban J connectivity index is 1.41. The van der Waals surface area contributed by atoms with E-state index in [-0.39, 0.29) is 12.0 Å². The smallest absolute Gasteiger partial charge is 0.306 e. The molecule has 0 bridgehead atoms. The molecule has 4 rings (SSSR count). The maximum absolute atomic E-state index is 13.0. The van der Waals surface area contributed by atoms with Crippen molar-refractivity contribution in [2.24, 2.45) is 0 Å². The molecule has 0 radical (unpaired) electrons. The van der Waals surface area contributed by atoms with Crippen LogP contribution in [0.2, 0.25) is 0 Å². The first kappa shape index (κ1) is 23.7. The number of methoxy groups -OCH3 is 1. The largest absolute Gasteiger partial charge is 0.497 e. The number of aromatic nitrogens is 2. The van der Waals surface area contributed by atoms with Gasteiger partial charge < -0.3 is 19.8 Å². The molecule has 0 saturated carbocycles. The van der Waals surface area contributed by atoms with Crippen molar-refractivity contribution in [2.75, 3.05) is 12.4 Å². The first-order chi connectivity index (χ1) is 17.0. The number of anilines is 1. The van der Waals surface area contributed by atoms with Crippen LogP contribution in [0, 0.1) is 0 Å². The third kappa shape index (κ3) is 6.11. The molecule has 8 nitrogen and oxygen atoms in total. The van der Waals surface area contributed by atoms with Crippen molar-refractivity contribution in [3.63, 3.8) is 0 Å². The number of carbonyl (C=O) groups excluding carboxylic acids is 2. The van der Waals surface area contributed by atoms with Crippen molar-refractivity contribution in [1.29, 1.82) is 0 Å². The number of aryl methyl sites for hydroxylation is 1. The van der Waals surface area contributed by atoms with Gasteiger partial charge in [0.05, 0.1) is 18.0 Å². The number of esters is 1. The number of carbonyl (C=O) groups is 2. The summed E-state index contributed by atoms with van der Waals surface area (Å²) in [4.78, 5) is 45.1. The second-order valence-electron chi connectivity index (χ2n) is 7.89. The molecule has 3 aromatic carbocycles. The lowest BCUT2D eigenvalue weighted by atomic mass is 10.1. The fraction of sp³-hybridized carbons (Fsp3) is 0.185. The number of nitrogens with one attached hydrogen (secondary N) is 2. The van der Waals surface area contributed by atoms with Crippen LogP contribution in [0.25, 0.3) is 10.9 Å². The molecule has 1 unspecified atom stereocenters. The molecule has 178 valence electrons. The molecule has 2 N–H and O–H groups in total. The van der Waals surface area contributed by atoms with Crippen LogP contribution in [0.5, 0.6) is 5.75 Å². The SMILES string of the molecule is COc1cccc(NC(=O)C(OC(=O)CCCc2nc3ccccc3c(=O)[nH]2)c2ccccc2)c1. The summed E-state index contributed by atoms with van der Waals surface area (Å²) in [5.74, 6) is 0.0920. The zero-order valence-electron chi connectivity index (χ0n) is 19.2. The summed E-state index contributed by atoms with van der Waals surface area (Å²) in [7, 11) is 1.54. The quantitative estimate of drug-likeness (QED) is 0.355. The second-order valence-corrected chi connectivity index (χ2v) is 7.89. The van der Waals surface area contributed by atoms with E-state index in [0.29, 0.717) is 46.6 Å². The highest BCUT2D eigenvalue weighted by Crippen LogP contribution is 2.23. The summed E-state index contributed by atoms with van der Waals surface area (Å²) >= 11 is 0. The highest BCUT2D eigenvalue weighted by molar-refractivity contribution is 5.96. The fourth-order valence-corrected chi connectivity index (χ4v) is 3.65. The van der Waals surface area contributed by atoms with Gasteiger partial charge in [-0.15, -0.1) is 0 Å². The summed E-state index contributed by atoms with van der Waals surface area (Å²) in [6, 6.07) is 22.8. The Morgan fingerprint density at radius 1 is 1.00 bits per heavy atom. The predicted octanol–water partition coefficient (Wildman–Crippen LogP) is 4.18. The molecule has 8 heteroatoms. The van der Waals surface area contributed by atoms with Gasteiger partial charge in [0, 0.05) is 30.2 Å². The molecule has 1 amide bonds. The molecule has 1 atom stereocenters. The van der Waals surface area contributed by atoms with Gasteiger partial charge in [0.1, 0.15) is 11.6 Å². The van der Waals surface area contributed by atoms with Gasteiger partial charge in [-0.1, -0.05) is 48.5 Å². The molecule has 4 aromatic rings. The van der Waals surface area contributed by atoms with Gasteiger partial charge in [-0.2, -0.15) is 0 Å². The van der Waals surface area contributed by atoms with Gasteiger partial charge in [-0.25, -0.2) is 4.98 Å². The zero-order valence-corrected chi connectivity index (χ0v) is 19.2. The van der Waals surface area contributed by atoms with Crippen LogP contribution in [-0.4, -0.2) is 29.0 Å². The molecule has 0 aliphatic carbocycles. The van der Waals surface area contributed by atoms with E-state index < -0.39 is 18.0 Å². The van der Waals surface area contributed by atoms with Crippen LogP contribution in [0.15, 0.2) is 83.7 Å². The Morgan fingerprint density at radius 3 is 2.57 bits per heavy atom. The zero-order chi connectivity index (χ0) is 24.6. The molecule has 0 saturated heterocycles. The third-order valence-corrected chi connectivity index (χ3v) is 5.38. The number of hydrogen-bond donors (Lipinski definition) is 2. The van der Waals surface area contributed by atoms with Crippen LogP contribution in [0.1, 0.15) is 30.3 Å². The number of hydrogen-bond acceptors (Lipinski definition) is 6. The van der Waals surface area contributed by atoms with Crippen LogP contribution in [0.3, 0.4) is 0 Å². The predicted molar refractivity (Wildman–Crippen MR) is 132 cm³/mol. The van der Waals surface area contributed by atoms with Crippen molar-refractivity contribution in [3.05, 3.63) is 101 Å². The van der Waals surface area contributed by atoms with E-state index in [4.69, 9.17) is 9.47 Å². The minimum absolute atomic E-state index is 0.0618. The van der Waals surface area contributed by atoms with Crippen molar-refractivity contribution in [2.45, 2.75) is 25.4 Å². The summed E-state index contributed by atoms with van der Waals surface area (Å²) in [6.45, 7) is 0. The van der Waals surface area contributed by atoms with Gasteiger partial charge in [-0.3, -0.25) is 14.4 Å². The monoisotopic (exact) mass is 471 g/mol. The van der Waals surface area contributed by atoms with Crippen molar-refractivity contribution < 1.29 is 19.1 Å². The highest BCUT2D eigenvalue weighted by Gasteiger charge is 2.25. The molecule has 0 spiro atoms. The van der Waals surface area contributed by atoms with E-state index in [2.05, 4.69) is 15.3 Å². The number of nitrogens with zero attached hydrogens (tertiary/aromatic N) is 1. The molecule has 0 aliphatic heterocycles. The van der Waals surface area contributed by atoms with Gasteiger partial charge >= 0.3 is 5.97 Å². The normalized spacial score (nSPS) is 11.6. The molecular formula is C27H25N3O5. The molecule has 35 heavy (non-hydrogen) atoms. The number of rotatable bonds is 9. The summed E-state index contributed by atoms with van der Waals surface area (Å²) in [5.41, 5.74) is 1.47. The average Bonchev–Trinajstić information content (AvgIpc) is 2.88. The molecule has 0 fully saturated rings. The van der Waals surface area contributed by atoms with E-state index in [1.165, 1.54) is 0 Å². The van der Waals surface area contributed by atoms with Gasteiger partial charge in [-0.05, 0) is 30.7 Å². The van der Waals surface area contributed by atoms with Crippen molar-refractivity contribution >= 4 is 28.5 Å². The Kier molecular flexibility index (Phi) is 7.52. The van der Waals surface area contributed by atoms with Crippen LogP contribution in [-0.2, 0) is 20.7 Å². The minimum Gasteiger partial charge on any atom is -0.497 e. The first-order valence-corrected chi connectivity index (χ1v) is 11.2. The number of para-hydroxylation sites is 1. The van der Waals surface area contributed by atoms with Gasteiger partial charge in [0.15, 0.2) is 0 Å². The Morgan fingerprint density at radius 2 is 1.77 bits per heavy atom. The van der Waals surface area contributed by atoms with Gasteiger partial charge in [0.25, 0.3) is 11.5 Å². The summed E-state index contributed by atoms with van der Waals surface area (Å²) in [5, 5.41) is 3.30. The molecule has 1 heterocycles. The Hall–Kier alpha value is -4.46. The number of aromatic amines is 1. The van der Waals surface area contributed by atoms with Crippen molar-refractivity contribution in [3.8, 4) is 5.75 Å². The lowest BCUT2D eigenvalue weighted by Gasteiger charge is -2.18. The highest BCUT2D eigenvalue weighted by atomic mass is 16.5. The van der Waals surface area contributed by atoms with E-state index in [9.17, 15) is 14.4 Å². The third-order valence-electron chi connectivity index (χ3n) is 5.38. The molecule has 0 aliphatic rings. The standard InChI is InChI=1S/C27H25N3O5/c1-34-20-12-7-11-19(17-20)28-27(33)25(18-9-3-2-4-10-18)35-24(31)16-8-15-23-29-22-14-6-5-13-21(22)26(32)30-23/h2-7,9-14,17,25H,8,15-16H2,1H3,(H,28,33)(H,29,30,32). The van der Waals surface area contributed by atoms with Crippen LogP contribution < -0.4 is 15.6 Å². The summed E-state index contributed by atoms with van der Waals surface area (Å²) in [6.07, 6.45) is -0.263. The maximum atomic E-state index is 13.0. The Bertz CT molecular complexity index is 1380. The van der Waals surface area contributed by atoms with E-state index in [1.54, 1.807) is 73.8 Å². The minimum atomic E-state index is -1.12. The molecular weight excluding hydrogens is 446 g/mol. The summed E-state index contributed by atoms with van der Waals surface area (Å²) < 4.78 is 10.8. The number of amides is 1. The first-order valence-electron chi connectivity index (χ1n) is 11.2. The lowest BCUT2D eigenvalue weighted by molar-refractivity contribution is -0.154. The van der Waals surface area contributed by atoms with E-state index in [0.717, 1.165) is 0 Å². The van der Waals surface area contributed by atoms with Crippen molar-refractivity contribution in [1.82, 2.24) is 9.97 Å². The van der Waals surface area contributed by atoms with E-state index in [1.807, 2.05) is 12.1 Å². The molecule has 1 aromatic heterocycles. The Labute approximate surface area is 201 Å². The number of ether oxygens (including phenoxy) is 2. The number of H-pyrrole nitrogens is 1. The lowest BCUT2D eigenvalue weighted by Crippen LogP contribution is -2.26. The second kappa shape index (κ2) is 11.1. The van der Waals surface area contributed by atoms with Crippen LogP contribution >= 0.6 is 0 Å². The topological polar surface area (TPSA) is 110 Å². The van der Waals surface area contributed by atoms with Crippen LogP contribution in [0.4, 0.5) is 5.69 Å². The number of fused-ring (bicyclic) bond motifs is 1. The average molecular weight is 472 g/mol. The number of benzene rings is 3.